The van der Waals surface area contributed by atoms with Crippen LogP contribution >= 0.6 is 11.3 Å². The second-order valence-electron chi connectivity index (χ2n) is 5.66. The van der Waals surface area contributed by atoms with Crippen molar-refractivity contribution in [1.82, 2.24) is 9.88 Å². The quantitative estimate of drug-likeness (QED) is 0.684. The molecule has 0 bridgehead atoms. The van der Waals surface area contributed by atoms with E-state index in [1.165, 1.54) is 28.4 Å². The maximum Gasteiger partial charge on any atom is 0.236 e. The van der Waals surface area contributed by atoms with Crippen LogP contribution in [0.4, 0.5) is 8.78 Å². The first-order valence-electron chi connectivity index (χ1n) is 7.62. The molecule has 25 heavy (non-hydrogen) atoms. The van der Waals surface area contributed by atoms with Crippen LogP contribution in [0.5, 0.6) is 0 Å². The number of likely N-dealkylation sites (N-methyl/N-ethyl adjacent to an activating group) is 1. The molecule has 7 heteroatoms. The minimum atomic E-state index is -0.669. The number of rotatable bonds is 5. The minimum Gasteiger partial charge on any atom is -0.440 e. The molecule has 0 atom stereocenters. The summed E-state index contributed by atoms with van der Waals surface area (Å²) >= 11 is 1.50. The van der Waals surface area contributed by atoms with E-state index in [1.54, 1.807) is 14.0 Å². The van der Waals surface area contributed by atoms with Crippen LogP contribution in [0.2, 0.25) is 0 Å². The van der Waals surface area contributed by atoms with E-state index in [9.17, 15) is 13.6 Å². The number of benzene rings is 1. The van der Waals surface area contributed by atoms with Gasteiger partial charge in [-0.1, -0.05) is 12.1 Å². The molecule has 0 N–H and O–H groups in total. The number of oxazole rings is 1. The maximum atomic E-state index is 13.7. The summed E-state index contributed by atoms with van der Waals surface area (Å²) in [5, 5.41) is 1.92. The topological polar surface area (TPSA) is 46.3 Å². The normalized spacial score (nSPS) is 10.9. The van der Waals surface area contributed by atoms with Crippen molar-refractivity contribution in [2.45, 2.75) is 19.9 Å². The molecule has 0 aliphatic heterocycles. The third kappa shape index (κ3) is 3.93. The van der Waals surface area contributed by atoms with E-state index >= 15 is 0 Å². The van der Waals surface area contributed by atoms with Crippen molar-refractivity contribution in [3.8, 4) is 10.8 Å². The molecule has 1 aromatic carbocycles. The number of hydrogen-bond acceptors (Lipinski definition) is 4. The number of nitrogens with zero attached hydrogens (tertiary/aromatic N) is 2. The van der Waals surface area contributed by atoms with Gasteiger partial charge >= 0.3 is 0 Å². The van der Waals surface area contributed by atoms with Crippen LogP contribution in [0.1, 0.15) is 17.0 Å². The fourth-order valence-electron chi connectivity index (χ4n) is 2.37. The molecular formula is C18H16F2N2O2S. The average Bonchev–Trinajstić information content (AvgIpc) is 3.20. The molecule has 0 radical (unpaired) electrons. The Balaban J connectivity index is 1.69. The van der Waals surface area contributed by atoms with Crippen LogP contribution in [-0.4, -0.2) is 22.8 Å². The number of aromatic nitrogens is 1. The van der Waals surface area contributed by atoms with Crippen LogP contribution in [0, 0.1) is 18.6 Å². The molecule has 1 amide bonds. The van der Waals surface area contributed by atoms with Crippen LogP contribution in [0.25, 0.3) is 10.8 Å². The molecule has 3 rings (SSSR count). The first-order chi connectivity index (χ1) is 11.9. The van der Waals surface area contributed by atoms with Crippen LogP contribution < -0.4 is 0 Å². The van der Waals surface area contributed by atoms with Crippen molar-refractivity contribution in [1.29, 1.82) is 0 Å². The van der Waals surface area contributed by atoms with Gasteiger partial charge in [0.15, 0.2) is 0 Å². The highest BCUT2D eigenvalue weighted by atomic mass is 32.1. The van der Waals surface area contributed by atoms with Gasteiger partial charge in [-0.05, 0) is 24.4 Å². The van der Waals surface area contributed by atoms with E-state index in [0.717, 1.165) is 10.9 Å². The van der Waals surface area contributed by atoms with Crippen molar-refractivity contribution in [2.24, 2.45) is 0 Å². The van der Waals surface area contributed by atoms with Gasteiger partial charge in [-0.15, -0.1) is 11.3 Å². The lowest BCUT2D eigenvalue weighted by molar-refractivity contribution is -0.129. The smallest absolute Gasteiger partial charge is 0.236 e. The van der Waals surface area contributed by atoms with Gasteiger partial charge in [0, 0.05) is 25.2 Å². The largest absolute Gasteiger partial charge is 0.440 e. The van der Waals surface area contributed by atoms with Crippen molar-refractivity contribution in [3.05, 3.63) is 64.4 Å². The summed E-state index contributed by atoms with van der Waals surface area (Å²) in [6, 6.07) is 7.11. The Morgan fingerprint density at radius 1 is 1.32 bits per heavy atom. The van der Waals surface area contributed by atoms with E-state index in [2.05, 4.69) is 4.98 Å². The molecule has 0 saturated carbocycles. The highest BCUT2D eigenvalue weighted by Gasteiger charge is 2.18. The number of halogens is 2. The number of carbonyl (C=O) groups is 1. The Morgan fingerprint density at radius 2 is 2.12 bits per heavy atom. The van der Waals surface area contributed by atoms with E-state index in [0.29, 0.717) is 17.3 Å². The summed E-state index contributed by atoms with van der Waals surface area (Å²) in [7, 11) is 1.57. The van der Waals surface area contributed by atoms with Gasteiger partial charge in [-0.3, -0.25) is 4.79 Å². The van der Waals surface area contributed by atoms with E-state index in [1.807, 2.05) is 17.5 Å². The van der Waals surface area contributed by atoms with E-state index in [4.69, 9.17) is 4.42 Å². The van der Waals surface area contributed by atoms with Crippen molar-refractivity contribution >= 4 is 17.2 Å². The summed E-state index contributed by atoms with van der Waals surface area (Å²) in [5.41, 5.74) is 0.813. The lowest BCUT2D eigenvalue weighted by atomic mass is 10.2. The predicted molar refractivity (Wildman–Crippen MR) is 91.1 cm³/mol. The molecule has 3 aromatic rings. The standard InChI is InChI=1S/C18H16F2N2O2S/c1-11-15(21-18(24-11)16-4-3-7-25-16)9-17(23)22(2)10-12-5-6-13(19)8-14(12)20/h3-8H,9-10H2,1-2H3. The summed E-state index contributed by atoms with van der Waals surface area (Å²) < 4.78 is 32.3. The second-order valence-corrected chi connectivity index (χ2v) is 6.61. The Bertz CT molecular complexity index is 891. The van der Waals surface area contributed by atoms with Gasteiger partial charge in [0.25, 0.3) is 0 Å². The van der Waals surface area contributed by atoms with Gasteiger partial charge in [0.1, 0.15) is 17.4 Å². The molecule has 0 fully saturated rings. The monoisotopic (exact) mass is 362 g/mol. The van der Waals surface area contributed by atoms with Crippen LogP contribution in [0.15, 0.2) is 40.1 Å². The van der Waals surface area contributed by atoms with E-state index < -0.39 is 11.6 Å². The predicted octanol–water partition coefficient (Wildman–Crippen LogP) is 4.19. The number of amides is 1. The van der Waals surface area contributed by atoms with E-state index in [-0.39, 0.29) is 24.4 Å². The lowest BCUT2D eigenvalue weighted by Crippen LogP contribution is -2.28. The molecule has 0 aliphatic carbocycles. The lowest BCUT2D eigenvalue weighted by Gasteiger charge is -2.17. The summed E-state index contributed by atoms with van der Waals surface area (Å²) in [6.45, 7) is 1.81. The first-order valence-corrected chi connectivity index (χ1v) is 8.50. The Morgan fingerprint density at radius 3 is 2.80 bits per heavy atom. The zero-order valence-electron chi connectivity index (χ0n) is 13.8. The second kappa shape index (κ2) is 7.14. The Kier molecular flexibility index (Phi) is 4.94. The Hall–Kier alpha value is -2.54. The number of carbonyl (C=O) groups excluding carboxylic acids is 1. The molecular weight excluding hydrogens is 346 g/mol. The fourth-order valence-corrected chi connectivity index (χ4v) is 3.02. The van der Waals surface area contributed by atoms with Crippen LogP contribution in [-0.2, 0) is 17.8 Å². The molecule has 2 aromatic heterocycles. The molecule has 2 heterocycles. The number of hydrogen-bond donors (Lipinski definition) is 0. The Labute approximate surface area is 147 Å². The highest BCUT2D eigenvalue weighted by Crippen LogP contribution is 2.26. The van der Waals surface area contributed by atoms with Crippen molar-refractivity contribution in [2.75, 3.05) is 7.05 Å². The zero-order valence-corrected chi connectivity index (χ0v) is 14.6. The van der Waals surface area contributed by atoms with Gasteiger partial charge in [-0.25, -0.2) is 13.8 Å². The van der Waals surface area contributed by atoms with Crippen LogP contribution in [0.3, 0.4) is 0 Å². The molecule has 0 saturated heterocycles. The third-order valence-electron chi connectivity index (χ3n) is 3.79. The maximum absolute atomic E-state index is 13.7. The van der Waals surface area contributed by atoms with Gasteiger partial charge in [-0.2, -0.15) is 0 Å². The molecule has 130 valence electrons. The molecule has 4 nitrogen and oxygen atoms in total. The summed E-state index contributed by atoms with van der Waals surface area (Å²) in [6.07, 6.45) is 0.0556. The van der Waals surface area contributed by atoms with Gasteiger partial charge in [0.05, 0.1) is 17.0 Å². The molecule has 0 spiro atoms. The third-order valence-corrected chi connectivity index (χ3v) is 4.65. The summed E-state index contributed by atoms with van der Waals surface area (Å²) in [5.74, 6) is -0.467. The molecule has 0 unspecified atom stereocenters. The van der Waals surface area contributed by atoms with Crippen molar-refractivity contribution in [3.63, 3.8) is 0 Å². The fraction of sp³-hybridized carbons (Fsp3) is 0.222. The number of thiophene rings is 1. The van der Waals surface area contributed by atoms with Crippen molar-refractivity contribution < 1.29 is 18.0 Å². The minimum absolute atomic E-state index is 0.0552. The van der Waals surface area contributed by atoms with Gasteiger partial charge < -0.3 is 9.32 Å². The molecule has 0 aliphatic rings. The first kappa shape index (κ1) is 17.3. The summed E-state index contributed by atoms with van der Waals surface area (Å²) in [4.78, 5) is 19.1. The average molecular weight is 362 g/mol. The number of aryl methyl sites for hydroxylation is 1. The zero-order chi connectivity index (χ0) is 18.0. The van der Waals surface area contributed by atoms with Gasteiger partial charge in [0.2, 0.25) is 11.8 Å². The highest BCUT2D eigenvalue weighted by molar-refractivity contribution is 7.13. The SMILES string of the molecule is Cc1oc(-c2cccs2)nc1CC(=O)N(C)Cc1ccc(F)cc1F.